The lowest BCUT2D eigenvalue weighted by molar-refractivity contribution is -0.137. The maximum atomic E-state index is 12.5. The number of aliphatic hydroxyl groups excluding tert-OH is 1. The van der Waals surface area contributed by atoms with E-state index in [9.17, 15) is 18.3 Å². The van der Waals surface area contributed by atoms with Crippen LogP contribution < -0.4 is 5.32 Å². The van der Waals surface area contributed by atoms with Gasteiger partial charge in [-0.1, -0.05) is 12.1 Å². The van der Waals surface area contributed by atoms with Gasteiger partial charge in [0.15, 0.2) is 0 Å². The molecule has 2 aliphatic rings. The summed E-state index contributed by atoms with van der Waals surface area (Å²) in [7, 11) is 0. The summed E-state index contributed by atoms with van der Waals surface area (Å²) in [6.45, 7) is 1.30. The molecule has 2 saturated carbocycles. The quantitative estimate of drug-likeness (QED) is 0.842. The molecular weight excluding hydrogens is 279 g/mol. The molecule has 2 nitrogen and oxygen atoms in total. The smallest absolute Gasteiger partial charge is 0.387 e. The van der Waals surface area contributed by atoms with Crippen molar-refractivity contribution >= 4 is 0 Å². The van der Waals surface area contributed by atoms with E-state index in [2.05, 4.69) is 5.32 Å². The van der Waals surface area contributed by atoms with E-state index in [1.807, 2.05) is 0 Å². The summed E-state index contributed by atoms with van der Waals surface area (Å²) in [6.07, 6.45) is 0.0842. The number of aliphatic hydroxyl groups is 1. The highest BCUT2D eigenvalue weighted by Crippen LogP contribution is 2.60. The third-order valence-electron chi connectivity index (χ3n) is 4.77. The first-order chi connectivity index (χ1) is 9.91. The van der Waals surface area contributed by atoms with Crippen molar-refractivity contribution in [1.82, 2.24) is 5.32 Å². The predicted molar refractivity (Wildman–Crippen MR) is 73.7 cm³/mol. The van der Waals surface area contributed by atoms with Gasteiger partial charge in [-0.15, -0.1) is 0 Å². The molecule has 0 amide bonds. The summed E-state index contributed by atoms with van der Waals surface area (Å²) in [5.74, 6) is 0.855. The van der Waals surface area contributed by atoms with Crippen molar-refractivity contribution in [2.75, 3.05) is 13.1 Å². The fourth-order valence-electron chi connectivity index (χ4n) is 3.06. The highest BCUT2D eigenvalue weighted by molar-refractivity contribution is 5.26. The van der Waals surface area contributed by atoms with Gasteiger partial charge in [0.2, 0.25) is 0 Å². The van der Waals surface area contributed by atoms with Crippen LogP contribution in [0.15, 0.2) is 24.3 Å². The van der Waals surface area contributed by atoms with Gasteiger partial charge in [0.25, 0.3) is 0 Å². The minimum atomic E-state index is -4.33. The lowest BCUT2D eigenvalue weighted by Gasteiger charge is -2.18. The Labute approximate surface area is 122 Å². The van der Waals surface area contributed by atoms with Gasteiger partial charge in [-0.2, -0.15) is 13.2 Å². The van der Waals surface area contributed by atoms with Crippen LogP contribution in [0.25, 0.3) is 0 Å². The topological polar surface area (TPSA) is 32.3 Å². The molecular formula is C16H20F3NO. The minimum Gasteiger partial charge on any atom is -0.387 e. The SMILES string of the molecule is OC(CNCC1(C2CC2)CC1)c1ccc(C(F)(F)F)cc1. The average Bonchev–Trinajstić information content (AvgIpc) is 3.30. The molecule has 0 bridgehead atoms. The molecule has 0 aliphatic heterocycles. The Morgan fingerprint density at radius 1 is 1.19 bits per heavy atom. The summed E-state index contributed by atoms with van der Waals surface area (Å²) in [5, 5.41) is 13.3. The second kappa shape index (κ2) is 5.29. The van der Waals surface area contributed by atoms with Gasteiger partial charge in [-0.25, -0.2) is 0 Å². The van der Waals surface area contributed by atoms with E-state index in [1.54, 1.807) is 0 Å². The standard InChI is InChI=1S/C16H20F3NO/c17-16(18,19)13-3-1-11(2-4-13)14(21)9-20-10-15(7-8-15)12-5-6-12/h1-4,12,14,20-21H,5-10H2. The molecule has 1 atom stereocenters. The zero-order valence-electron chi connectivity index (χ0n) is 11.8. The van der Waals surface area contributed by atoms with Crippen LogP contribution in [0.2, 0.25) is 0 Å². The molecule has 2 fully saturated rings. The summed E-state index contributed by atoms with van der Waals surface area (Å²) >= 11 is 0. The van der Waals surface area contributed by atoms with Gasteiger partial charge in [-0.05, 0) is 54.7 Å². The Hall–Kier alpha value is -1.07. The van der Waals surface area contributed by atoms with Gasteiger partial charge in [0, 0.05) is 13.1 Å². The largest absolute Gasteiger partial charge is 0.416 e. The summed E-state index contributed by atoms with van der Waals surface area (Å²) in [6, 6.07) is 4.74. The average molecular weight is 299 g/mol. The third kappa shape index (κ3) is 3.40. The van der Waals surface area contributed by atoms with Crippen molar-refractivity contribution in [1.29, 1.82) is 0 Å². The number of halogens is 3. The molecule has 1 aromatic carbocycles. The van der Waals surface area contributed by atoms with Crippen LogP contribution in [0.1, 0.15) is 42.9 Å². The molecule has 0 aromatic heterocycles. The summed E-state index contributed by atoms with van der Waals surface area (Å²) in [4.78, 5) is 0. The Bertz CT molecular complexity index is 489. The molecule has 5 heteroatoms. The van der Waals surface area contributed by atoms with Crippen molar-refractivity contribution in [2.45, 2.75) is 38.0 Å². The molecule has 116 valence electrons. The molecule has 0 spiro atoms. The zero-order valence-corrected chi connectivity index (χ0v) is 11.8. The van der Waals surface area contributed by atoms with Crippen LogP contribution >= 0.6 is 0 Å². The van der Waals surface area contributed by atoms with Crippen LogP contribution in [-0.2, 0) is 6.18 Å². The zero-order chi connectivity index (χ0) is 15.1. The second-order valence-corrected chi connectivity index (χ2v) is 6.40. The minimum absolute atomic E-state index is 0.389. The Balaban J connectivity index is 1.49. The van der Waals surface area contributed by atoms with Crippen molar-refractivity contribution < 1.29 is 18.3 Å². The van der Waals surface area contributed by atoms with E-state index in [0.717, 1.165) is 24.6 Å². The van der Waals surface area contributed by atoms with Crippen LogP contribution in [-0.4, -0.2) is 18.2 Å². The summed E-state index contributed by atoms with van der Waals surface area (Å²) in [5.41, 5.74) is 0.295. The van der Waals surface area contributed by atoms with Gasteiger partial charge >= 0.3 is 6.18 Å². The van der Waals surface area contributed by atoms with Crippen molar-refractivity contribution in [2.24, 2.45) is 11.3 Å². The maximum absolute atomic E-state index is 12.5. The van der Waals surface area contributed by atoms with Crippen LogP contribution in [0.3, 0.4) is 0 Å². The maximum Gasteiger partial charge on any atom is 0.416 e. The molecule has 0 radical (unpaired) electrons. The first kappa shape index (κ1) is 14.9. The number of hydrogen-bond donors (Lipinski definition) is 2. The van der Waals surface area contributed by atoms with E-state index in [-0.39, 0.29) is 0 Å². The first-order valence-corrected chi connectivity index (χ1v) is 7.47. The fraction of sp³-hybridized carbons (Fsp3) is 0.625. The molecule has 2 aliphatic carbocycles. The van der Waals surface area contributed by atoms with Crippen LogP contribution in [0.4, 0.5) is 13.2 Å². The van der Waals surface area contributed by atoms with Gasteiger partial charge in [-0.3, -0.25) is 0 Å². The number of nitrogens with one attached hydrogen (secondary N) is 1. The predicted octanol–water partition coefficient (Wildman–Crippen LogP) is 3.52. The molecule has 0 saturated heterocycles. The Morgan fingerprint density at radius 3 is 2.29 bits per heavy atom. The molecule has 2 N–H and O–H groups in total. The van der Waals surface area contributed by atoms with E-state index in [1.165, 1.54) is 37.8 Å². The van der Waals surface area contributed by atoms with Crippen LogP contribution in [0, 0.1) is 11.3 Å². The normalized spacial score (nSPS) is 22.1. The van der Waals surface area contributed by atoms with E-state index in [0.29, 0.717) is 17.5 Å². The van der Waals surface area contributed by atoms with Crippen LogP contribution in [0.5, 0.6) is 0 Å². The lowest BCUT2D eigenvalue weighted by Crippen LogP contribution is -2.29. The number of benzene rings is 1. The van der Waals surface area contributed by atoms with Gasteiger partial charge in [0.05, 0.1) is 11.7 Å². The first-order valence-electron chi connectivity index (χ1n) is 7.47. The number of rotatable bonds is 6. The van der Waals surface area contributed by atoms with Crippen molar-refractivity contribution in [3.8, 4) is 0 Å². The van der Waals surface area contributed by atoms with E-state index < -0.39 is 17.8 Å². The lowest BCUT2D eigenvalue weighted by atomic mass is 10.0. The number of hydrogen-bond acceptors (Lipinski definition) is 2. The summed E-state index contributed by atoms with van der Waals surface area (Å²) < 4.78 is 37.4. The highest BCUT2D eigenvalue weighted by Gasteiger charge is 2.53. The van der Waals surface area contributed by atoms with Crippen molar-refractivity contribution in [3.05, 3.63) is 35.4 Å². The third-order valence-corrected chi connectivity index (χ3v) is 4.77. The fourth-order valence-corrected chi connectivity index (χ4v) is 3.06. The molecule has 1 aromatic rings. The number of alkyl halides is 3. The van der Waals surface area contributed by atoms with E-state index in [4.69, 9.17) is 0 Å². The Morgan fingerprint density at radius 2 is 1.81 bits per heavy atom. The monoisotopic (exact) mass is 299 g/mol. The Kier molecular flexibility index (Phi) is 3.74. The molecule has 21 heavy (non-hydrogen) atoms. The van der Waals surface area contributed by atoms with Gasteiger partial charge in [0.1, 0.15) is 0 Å². The molecule has 3 rings (SSSR count). The van der Waals surface area contributed by atoms with E-state index >= 15 is 0 Å². The van der Waals surface area contributed by atoms with Crippen molar-refractivity contribution in [3.63, 3.8) is 0 Å². The molecule has 1 unspecified atom stereocenters. The second-order valence-electron chi connectivity index (χ2n) is 6.40. The molecule has 0 heterocycles. The van der Waals surface area contributed by atoms with Gasteiger partial charge < -0.3 is 10.4 Å². The highest BCUT2D eigenvalue weighted by atomic mass is 19.4.